The van der Waals surface area contributed by atoms with E-state index in [1.165, 1.54) is 0 Å². The molecule has 1 aliphatic rings. The third-order valence-electron chi connectivity index (χ3n) is 6.05. The van der Waals surface area contributed by atoms with E-state index in [4.69, 9.17) is 18.9 Å². The molecule has 2 aromatic heterocycles. The Bertz CT molecular complexity index is 1380. The van der Waals surface area contributed by atoms with E-state index in [1.807, 2.05) is 50.2 Å². The van der Waals surface area contributed by atoms with Gasteiger partial charge in [0.05, 0.1) is 25.1 Å². The first kappa shape index (κ1) is 21.9. The number of anilines is 2. The maximum Gasteiger partial charge on any atom is 0.163 e. The summed E-state index contributed by atoms with van der Waals surface area (Å²) in [6, 6.07) is 11.7. The van der Waals surface area contributed by atoms with Crippen LogP contribution in [0.15, 0.2) is 36.4 Å². The molecule has 0 aliphatic carbocycles. The van der Waals surface area contributed by atoms with Gasteiger partial charge in [-0.25, -0.2) is 0 Å². The molecule has 0 unspecified atom stereocenters. The van der Waals surface area contributed by atoms with Crippen LogP contribution in [0.5, 0.6) is 23.0 Å². The van der Waals surface area contributed by atoms with Crippen LogP contribution in [0, 0.1) is 20.8 Å². The monoisotopic (exact) mass is 460 g/mol. The van der Waals surface area contributed by atoms with E-state index in [1.54, 1.807) is 7.11 Å². The average Bonchev–Trinajstić information content (AvgIpc) is 3.12. The highest BCUT2D eigenvalue weighted by atomic mass is 16.6. The second-order valence-electron chi connectivity index (χ2n) is 8.14. The van der Waals surface area contributed by atoms with Crippen molar-refractivity contribution < 1.29 is 18.9 Å². The molecule has 0 atom stereocenters. The number of rotatable bonds is 6. The van der Waals surface area contributed by atoms with Crippen LogP contribution in [0.1, 0.15) is 24.0 Å². The van der Waals surface area contributed by atoms with Crippen LogP contribution in [0.3, 0.4) is 0 Å². The number of nitrogens with zero attached hydrogens (tertiary/aromatic N) is 3. The van der Waals surface area contributed by atoms with E-state index < -0.39 is 0 Å². The van der Waals surface area contributed by atoms with Crippen molar-refractivity contribution in [3.63, 3.8) is 0 Å². The third kappa shape index (κ3) is 3.65. The molecular weight excluding hydrogens is 432 g/mol. The summed E-state index contributed by atoms with van der Waals surface area (Å²) in [5.74, 6) is 3.66. The lowest BCUT2D eigenvalue weighted by atomic mass is 10.1. The standard InChI is InChI=1S/C26H28N4O4/c1-6-32-19-8-9-20(22(14-19)31-5)30-16(3)24-15(2)28-29-26(25(24)17(30)4)27-18-7-10-21-23(13-18)34-12-11-33-21/h7-10,13-14H,6,11-12H2,1-5H3,(H,27,29). The van der Waals surface area contributed by atoms with Gasteiger partial charge in [0.2, 0.25) is 0 Å². The number of fused-ring (bicyclic) bond motifs is 2. The van der Waals surface area contributed by atoms with Gasteiger partial charge in [-0.15, -0.1) is 5.10 Å². The maximum atomic E-state index is 5.74. The molecule has 0 fully saturated rings. The molecular formula is C26H28N4O4. The fourth-order valence-corrected chi connectivity index (χ4v) is 4.60. The molecule has 0 amide bonds. The molecule has 34 heavy (non-hydrogen) atoms. The molecule has 5 rings (SSSR count). The summed E-state index contributed by atoms with van der Waals surface area (Å²) in [5, 5.41) is 14.5. The lowest BCUT2D eigenvalue weighted by Gasteiger charge is -2.19. The molecule has 0 saturated heterocycles. The number of methoxy groups -OCH3 is 1. The Hall–Kier alpha value is -3.94. The summed E-state index contributed by atoms with van der Waals surface area (Å²) in [7, 11) is 1.67. The molecule has 176 valence electrons. The van der Waals surface area contributed by atoms with E-state index in [0.29, 0.717) is 25.6 Å². The lowest BCUT2D eigenvalue weighted by Crippen LogP contribution is -2.15. The zero-order valence-corrected chi connectivity index (χ0v) is 20.1. The minimum Gasteiger partial charge on any atom is -0.494 e. The summed E-state index contributed by atoms with van der Waals surface area (Å²) in [5.41, 5.74) is 4.75. The Morgan fingerprint density at radius 1 is 0.941 bits per heavy atom. The van der Waals surface area contributed by atoms with Crippen LogP contribution in [0.2, 0.25) is 0 Å². The van der Waals surface area contributed by atoms with Crippen molar-refractivity contribution in [2.45, 2.75) is 27.7 Å². The van der Waals surface area contributed by atoms with Gasteiger partial charge in [-0.05, 0) is 52.0 Å². The largest absolute Gasteiger partial charge is 0.494 e. The van der Waals surface area contributed by atoms with Crippen molar-refractivity contribution in [3.05, 3.63) is 53.5 Å². The predicted octanol–water partition coefficient (Wildman–Crippen LogP) is 5.27. The number of benzene rings is 2. The number of hydrogen-bond donors (Lipinski definition) is 1. The van der Waals surface area contributed by atoms with Gasteiger partial charge in [0.15, 0.2) is 17.3 Å². The molecule has 0 radical (unpaired) electrons. The molecule has 8 nitrogen and oxygen atoms in total. The first-order valence-corrected chi connectivity index (χ1v) is 11.3. The number of hydrogen-bond acceptors (Lipinski definition) is 7. The molecule has 0 spiro atoms. The maximum absolute atomic E-state index is 5.74. The molecule has 8 heteroatoms. The fraction of sp³-hybridized carbons (Fsp3) is 0.308. The van der Waals surface area contributed by atoms with Gasteiger partial charge in [-0.3, -0.25) is 0 Å². The zero-order chi connectivity index (χ0) is 23.8. The minimum absolute atomic E-state index is 0.538. The van der Waals surface area contributed by atoms with Crippen molar-refractivity contribution >= 4 is 22.3 Å². The van der Waals surface area contributed by atoms with Gasteiger partial charge < -0.3 is 28.8 Å². The molecule has 0 saturated carbocycles. The first-order chi connectivity index (χ1) is 16.5. The normalized spacial score (nSPS) is 12.6. The molecule has 1 N–H and O–H groups in total. The predicted molar refractivity (Wildman–Crippen MR) is 132 cm³/mol. The third-order valence-corrected chi connectivity index (χ3v) is 6.05. The Labute approximate surface area is 198 Å². The number of aryl methyl sites for hydroxylation is 3. The lowest BCUT2D eigenvalue weighted by molar-refractivity contribution is 0.171. The smallest absolute Gasteiger partial charge is 0.163 e. The van der Waals surface area contributed by atoms with Crippen LogP contribution < -0.4 is 24.3 Å². The van der Waals surface area contributed by atoms with Gasteiger partial charge in [0.25, 0.3) is 0 Å². The highest BCUT2D eigenvalue weighted by Crippen LogP contribution is 2.39. The van der Waals surface area contributed by atoms with Crippen LogP contribution >= 0.6 is 0 Å². The summed E-state index contributed by atoms with van der Waals surface area (Å²) in [6.07, 6.45) is 0. The minimum atomic E-state index is 0.538. The number of nitrogens with one attached hydrogen (secondary N) is 1. The summed E-state index contributed by atoms with van der Waals surface area (Å²) in [6.45, 7) is 9.82. The Morgan fingerprint density at radius 3 is 2.47 bits per heavy atom. The van der Waals surface area contributed by atoms with Gasteiger partial charge in [0, 0.05) is 40.0 Å². The Morgan fingerprint density at radius 2 is 1.71 bits per heavy atom. The fourth-order valence-electron chi connectivity index (χ4n) is 4.60. The van der Waals surface area contributed by atoms with Crippen LogP contribution in [-0.2, 0) is 0 Å². The van der Waals surface area contributed by atoms with E-state index in [9.17, 15) is 0 Å². The van der Waals surface area contributed by atoms with Gasteiger partial charge in [0.1, 0.15) is 24.7 Å². The summed E-state index contributed by atoms with van der Waals surface area (Å²) in [4.78, 5) is 0. The Balaban J connectivity index is 1.63. The zero-order valence-electron chi connectivity index (χ0n) is 20.1. The summed E-state index contributed by atoms with van der Waals surface area (Å²) < 4.78 is 25.0. The number of aromatic nitrogens is 3. The van der Waals surface area contributed by atoms with Gasteiger partial charge in [-0.1, -0.05) is 0 Å². The average molecular weight is 461 g/mol. The van der Waals surface area contributed by atoms with E-state index in [2.05, 4.69) is 33.9 Å². The molecule has 2 aromatic carbocycles. The number of ether oxygens (including phenoxy) is 4. The van der Waals surface area contributed by atoms with Crippen LogP contribution in [0.25, 0.3) is 16.5 Å². The van der Waals surface area contributed by atoms with E-state index in [-0.39, 0.29) is 0 Å². The highest BCUT2D eigenvalue weighted by Gasteiger charge is 2.22. The highest BCUT2D eigenvalue weighted by molar-refractivity contribution is 5.99. The van der Waals surface area contributed by atoms with Gasteiger partial charge in [-0.2, -0.15) is 5.10 Å². The van der Waals surface area contributed by atoms with Crippen molar-refractivity contribution in [2.75, 3.05) is 32.2 Å². The van der Waals surface area contributed by atoms with Crippen molar-refractivity contribution in [3.8, 4) is 28.7 Å². The van der Waals surface area contributed by atoms with Crippen molar-refractivity contribution in [1.82, 2.24) is 14.8 Å². The second kappa shape index (κ2) is 8.78. The summed E-state index contributed by atoms with van der Waals surface area (Å²) >= 11 is 0. The van der Waals surface area contributed by atoms with Crippen molar-refractivity contribution in [2.24, 2.45) is 0 Å². The van der Waals surface area contributed by atoms with Gasteiger partial charge >= 0.3 is 0 Å². The quantitative estimate of drug-likeness (QED) is 0.420. The van der Waals surface area contributed by atoms with Crippen LogP contribution in [0.4, 0.5) is 11.5 Å². The second-order valence-corrected chi connectivity index (χ2v) is 8.14. The molecule has 4 aromatic rings. The van der Waals surface area contributed by atoms with E-state index in [0.717, 1.165) is 62.2 Å². The topological polar surface area (TPSA) is 79.7 Å². The SMILES string of the molecule is CCOc1ccc(-n2c(C)c3c(C)nnc(Nc4ccc5c(c4)OCCO5)c3c2C)c(OC)c1. The van der Waals surface area contributed by atoms with Crippen molar-refractivity contribution in [1.29, 1.82) is 0 Å². The molecule has 3 heterocycles. The molecule has 0 bridgehead atoms. The Kier molecular flexibility index (Phi) is 5.65. The first-order valence-electron chi connectivity index (χ1n) is 11.3. The van der Waals surface area contributed by atoms with Crippen LogP contribution in [-0.4, -0.2) is 41.7 Å². The molecule has 1 aliphatic heterocycles. The van der Waals surface area contributed by atoms with E-state index >= 15 is 0 Å².